The van der Waals surface area contributed by atoms with Gasteiger partial charge in [0.1, 0.15) is 5.69 Å². The summed E-state index contributed by atoms with van der Waals surface area (Å²) in [6.45, 7) is 0. The number of rotatable bonds is 3. The molecule has 0 aliphatic heterocycles. The van der Waals surface area contributed by atoms with Crippen molar-refractivity contribution in [2.75, 3.05) is 11.1 Å². The molecule has 6 nitrogen and oxygen atoms in total. The van der Waals surface area contributed by atoms with Crippen LogP contribution in [-0.4, -0.2) is 10.9 Å². The summed E-state index contributed by atoms with van der Waals surface area (Å²) in [5.74, 6) is -0.414. The summed E-state index contributed by atoms with van der Waals surface area (Å²) in [6, 6.07) is 9.66. The largest absolute Gasteiger partial charge is 0.396 e. The van der Waals surface area contributed by atoms with Crippen LogP contribution in [0.25, 0.3) is 0 Å². The number of benzene rings is 1. The number of halogens is 1. The lowest BCUT2D eigenvalue weighted by Gasteiger charge is -2.11. The molecular formula is C13H10ClN5O. The molecule has 20 heavy (non-hydrogen) atoms. The first-order valence-electron chi connectivity index (χ1n) is 5.54. The summed E-state index contributed by atoms with van der Waals surface area (Å²) in [6.07, 6.45) is 0. The van der Waals surface area contributed by atoms with Crippen molar-refractivity contribution in [3.05, 3.63) is 46.6 Å². The average molecular weight is 288 g/mol. The third-order valence-electron chi connectivity index (χ3n) is 2.53. The molecule has 0 saturated carbocycles. The van der Waals surface area contributed by atoms with E-state index in [4.69, 9.17) is 28.3 Å². The number of nitrogen functional groups attached to an aromatic ring is 1. The van der Waals surface area contributed by atoms with E-state index >= 15 is 0 Å². The highest BCUT2D eigenvalue weighted by Crippen LogP contribution is 2.28. The molecule has 7 heteroatoms. The molecule has 0 unspecified atom stereocenters. The molecule has 2 rings (SSSR count). The Morgan fingerprint density at radius 2 is 2.10 bits per heavy atom. The number of pyridine rings is 1. The predicted octanol–water partition coefficient (Wildman–Crippen LogP) is 2.03. The molecule has 0 fully saturated rings. The lowest BCUT2D eigenvalue weighted by molar-refractivity contribution is 0.0996. The fourth-order valence-corrected chi connectivity index (χ4v) is 1.69. The van der Waals surface area contributed by atoms with Crippen molar-refractivity contribution in [1.82, 2.24) is 4.98 Å². The minimum atomic E-state index is -0.662. The molecule has 100 valence electrons. The molecule has 5 N–H and O–H groups in total. The molecule has 0 spiro atoms. The van der Waals surface area contributed by atoms with Crippen LogP contribution in [0.1, 0.15) is 16.1 Å². The topological polar surface area (TPSA) is 118 Å². The summed E-state index contributed by atoms with van der Waals surface area (Å²) in [5, 5.41) is 12.1. The first kappa shape index (κ1) is 13.6. The van der Waals surface area contributed by atoms with Gasteiger partial charge in [-0.25, -0.2) is 4.98 Å². The van der Waals surface area contributed by atoms with Gasteiger partial charge >= 0.3 is 0 Å². The van der Waals surface area contributed by atoms with E-state index in [1.807, 2.05) is 6.07 Å². The summed E-state index contributed by atoms with van der Waals surface area (Å²) in [7, 11) is 0. The maximum Gasteiger partial charge on any atom is 0.267 e. The zero-order valence-corrected chi connectivity index (χ0v) is 11.0. The molecule has 1 aromatic heterocycles. The zero-order valence-electron chi connectivity index (χ0n) is 10.2. The highest BCUT2D eigenvalue weighted by molar-refractivity contribution is 6.33. The average Bonchev–Trinajstić information content (AvgIpc) is 2.43. The molecular weight excluding hydrogens is 278 g/mol. The van der Waals surface area contributed by atoms with E-state index in [9.17, 15) is 4.79 Å². The van der Waals surface area contributed by atoms with Gasteiger partial charge in [-0.15, -0.1) is 0 Å². The molecule has 1 aromatic carbocycles. The summed E-state index contributed by atoms with van der Waals surface area (Å²) in [5.41, 5.74) is 12.2. The van der Waals surface area contributed by atoms with Crippen molar-refractivity contribution in [2.24, 2.45) is 5.73 Å². The van der Waals surface area contributed by atoms with Crippen LogP contribution in [0.4, 0.5) is 17.2 Å². The number of hydrogen-bond acceptors (Lipinski definition) is 5. The number of nitrogens with two attached hydrogens (primary N) is 2. The van der Waals surface area contributed by atoms with E-state index in [1.54, 1.807) is 18.2 Å². The molecule has 2 aromatic rings. The smallest absolute Gasteiger partial charge is 0.267 e. The van der Waals surface area contributed by atoms with Crippen LogP contribution < -0.4 is 16.8 Å². The quantitative estimate of drug-likeness (QED) is 0.798. The summed E-state index contributed by atoms with van der Waals surface area (Å²) >= 11 is 6.03. The van der Waals surface area contributed by atoms with Crippen LogP contribution in [-0.2, 0) is 0 Å². The predicted molar refractivity (Wildman–Crippen MR) is 76.6 cm³/mol. The molecule has 0 aliphatic rings. The fraction of sp³-hybridized carbons (Fsp3) is 0. The van der Waals surface area contributed by atoms with E-state index in [0.717, 1.165) is 0 Å². The molecule has 0 bridgehead atoms. The Morgan fingerprint density at radius 1 is 1.35 bits per heavy atom. The van der Waals surface area contributed by atoms with E-state index in [0.29, 0.717) is 22.0 Å². The number of anilines is 3. The lowest BCUT2D eigenvalue weighted by atomic mass is 10.2. The second-order valence-corrected chi connectivity index (χ2v) is 4.34. The van der Waals surface area contributed by atoms with Crippen molar-refractivity contribution < 1.29 is 4.79 Å². The fourth-order valence-electron chi connectivity index (χ4n) is 1.53. The van der Waals surface area contributed by atoms with Gasteiger partial charge in [-0.2, -0.15) is 5.26 Å². The van der Waals surface area contributed by atoms with Gasteiger partial charge in [-0.05, 0) is 30.3 Å². The number of aromatic nitrogens is 1. The zero-order chi connectivity index (χ0) is 14.7. The summed E-state index contributed by atoms with van der Waals surface area (Å²) in [4.78, 5) is 15.1. The highest BCUT2D eigenvalue weighted by atomic mass is 35.5. The van der Waals surface area contributed by atoms with Crippen LogP contribution in [0.5, 0.6) is 0 Å². The van der Waals surface area contributed by atoms with Crippen molar-refractivity contribution in [1.29, 1.82) is 5.26 Å². The van der Waals surface area contributed by atoms with Gasteiger partial charge in [0.2, 0.25) is 0 Å². The van der Waals surface area contributed by atoms with E-state index in [-0.39, 0.29) is 11.5 Å². The SMILES string of the molecule is N#Cc1ccc(Cl)c(Nc2nc(C(N)=O)ccc2N)c1. The lowest BCUT2D eigenvalue weighted by Crippen LogP contribution is -2.14. The van der Waals surface area contributed by atoms with Crippen molar-refractivity contribution in [2.45, 2.75) is 0 Å². The minimum Gasteiger partial charge on any atom is -0.396 e. The number of carbonyl (C=O) groups is 1. The van der Waals surface area contributed by atoms with Crippen molar-refractivity contribution in [3.8, 4) is 6.07 Å². The Bertz CT molecular complexity index is 723. The molecule has 1 heterocycles. The van der Waals surface area contributed by atoms with Gasteiger partial charge in [0.05, 0.1) is 28.0 Å². The number of hydrogen-bond donors (Lipinski definition) is 3. The third-order valence-corrected chi connectivity index (χ3v) is 2.86. The van der Waals surface area contributed by atoms with Gasteiger partial charge in [-0.3, -0.25) is 4.79 Å². The van der Waals surface area contributed by atoms with Crippen LogP contribution in [0.2, 0.25) is 5.02 Å². The molecule has 0 radical (unpaired) electrons. The Balaban J connectivity index is 2.42. The highest BCUT2D eigenvalue weighted by Gasteiger charge is 2.09. The standard InChI is InChI=1S/C13H10ClN5O/c14-8-2-1-7(6-15)5-11(8)19-13-9(16)3-4-10(18-13)12(17)20/h1-5H,16H2,(H2,17,20)(H,18,19). The van der Waals surface area contributed by atoms with E-state index < -0.39 is 5.91 Å². The van der Waals surface area contributed by atoms with Crippen LogP contribution in [0, 0.1) is 11.3 Å². The van der Waals surface area contributed by atoms with Gasteiger partial charge in [0.25, 0.3) is 5.91 Å². The molecule has 1 amide bonds. The Labute approximate surface area is 120 Å². The first-order chi connectivity index (χ1) is 9.51. The maximum atomic E-state index is 11.1. The number of amides is 1. The Morgan fingerprint density at radius 3 is 2.75 bits per heavy atom. The van der Waals surface area contributed by atoms with E-state index in [1.165, 1.54) is 12.1 Å². The van der Waals surface area contributed by atoms with Crippen molar-refractivity contribution >= 4 is 34.7 Å². The number of nitrogens with zero attached hydrogens (tertiary/aromatic N) is 2. The molecule has 0 aliphatic carbocycles. The van der Waals surface area contributed by atoms with Gasteiger partial charge in [0, 0.05) is 0 Å². The first-order valence-corrected chi connectivity index (χ1v) is 5.92. The molecule has 0 atom stereocenters. The third kappa shape index (κ3) is 2.79. The monoisotopic (exact) mass is 287 g/mol. The second kappa shape index (κ2) is 5.47. The Kier molecular flexibility index (Phi) is 3.73. The minimum absolute atomic E-state index is 0.0780. The molecule has 0 saturated heterocycles. The summed E-state index contributed by atoms with van der Waals surface area (Å²) < 4.78 is 0. The number of nitriles is 1. The maximum absolute atomic E-state index is 11.1. The van der Waals surface area contributed by atoms with Crippen LogP contribution in [0.3, 0.4) is 0 Å². The Hall–Kier alpha value is -2.78. The van der Waals surface area contributed by atoms with Gasteiger partial charge in [0.15, 0.2) is 5.82 Å². The van der Waals surface area contributed by atoms with Crippen molar-refractivity contribution in [3.63, 3.8) is 0 Å². The number of carbonyl (C=O) groups excluding carboxylic acids is 1. The number of primary amides is 1. The van der Waals surface area contributed by atoms with Crippen LogP contribution >= 0.6 is 11.6 Å². The van der Waals surface area contributed by atoms with Gasteiger partial charge in [-0.1, -0.05) is 11.6 Å². The second-order valence-electron chi connectivity index (χ2n) is 3.93. The number of nitrogens with one attached hydrogen (secondary N) is 1. The normalized spacial score (nSPS) is 9.80. The van der Waals surface area contributed by atoms with Gasteiger partial charge < -0.3 is 16.8 Å². The van der Waals surface area contributed by atoms with E-state index in [2.05, 4.69) is 10.3 Å². The van der Waals surface area contributed by atoms with Crippen LogP contribution in [0.15, 0.2) is 30.3 Å².